The fourth-order valence-electron chi connectivity index (χ4n) is 5.21. The van der Waals surface area contributed by atoms with Gasteiger partial charge in [-0.05, 0) is 59.7 Å². The van der Waals surface area contributed by atoms with Crippen LogP contribution in [0, 0.1) is 0 Å². The first-order valence-corrected chi connectivity index (χ1v) is 13.3. The molecule has 7 rings (SSSR count). The number of aromatic nitrogens is 3. The fourth-order valence-corrected chi connectivity index (χ4v) is 5.21. The Bertz CT molecular complexity index is 1900. The van der Waals surface area contributed by atoms with Crippen LogP contribution in [0.25, 0.3) is 50.4 Å². The molecule has 0 fully saturated rings. The molecule has 4 aromatic carbocycles. The second-order valence-corrected chi connectivity index (χ2v) is 9.50. The molecular weight excluding hydrogens is 490 g/mol. The Balaban J connectivity index is 1.43. The van der Waals surface area contributed by atoms with E-state index in [1.54, 1.807) is 6.20 Å². The van der Waals surface area contributed by atoms with Crippen molar-refractivity contribution in [3.8, 4) is 51.0 Å². The van der Waals surface area contributed by atoms with Crippen molar-refractivity contribution in [3.63, 3.8) is 0 Å². The van der Waals surface area contributed by atoms with E-state index in [-0.39, 0.29) is 0 Å². The van der Waals surface area contributed by atoms with Crippen LogP contribution < -0.4 is 4.74 Å². The lowest BCUT2D eigenvalue weighted by molar-refractivity contribution is 0.483. The van der Waals surface area contributed by atoms with Crippen LogP contribution in [0.15, 0.2) is 152 Å². The second kappa shape index (κ2) is 10.4. The Hall–Kier alpha value is -5.48. The average molecular weight is 516 g/mol. The van der Waals surface area contributed by atoms with Gasteiger partial charge in [-0.2, -0.15) is 0 Å². The predicted octanol–water partition coefficient (Wildman–Crippen LogP) is 9.21. The molecule has 190 valence electrons. The molecule has 4 nitrogen and oxygen atoms in total. The first-order valence-electron chi connectivity index (χ1n) is 13.3. The Morgan fingerprint density at radius 2 is 1.18 bits per heavy atom. The van der Waals surface area contributed by atoms with Crippen molar-refractivity contribution in [2.75, 3.05) is 0 Å². The van der Waals surface area contributed by atoms with E-state index in [2.05, 4.69) is 76.3 Å². The van der Waals surface area contributed by atoms with E-state index in [9.17, 15) is 0 Å². The molecule has 7 aromatic rings. The van der Waals surface area contributed by atoms with Gasteiger partial charge in [0.25, 0.3) is 0 Å². The first kappa shape index (κ1) is 23.6. The van der Waals surface area contributed by atoms with Gasteiger partial charge in [0.1, 0.15) is 17.3 Å². The van der Waals surface area contributed by atoms with Crippen LogP contribution in [-0.4, -0.2) is 14.5 Å². The summed E-state index contributed by atoms with van der Waals surface area (Å²) in [6.07, 6.45) is 3.64. The van der Waals surface area contributed by atoms with Gasteiger partial charge >= 0.3 is 0 Å². The normalized spacial score (nSPS) is 11.0. The molecule has 0 saturated heterocycles. The lowest BCUT2D eigenvalue weighted by atomic mass is 9.98. The van der Waals surface area contributed by atoms with Gasteiger partial charge in [-0.25, -0.2) is 4.98 Å². The molecule has 3 heterocycles. The van der Waals surface area contributed by atoms with E-state index in [1.165, 1.54) is 0 Å². The largest absolute Gasteiger partial charge is 0.457 e. The third-order valence-electron chi connectivity index (χ3n) is 6.96. The summed E-state index contributed by atoms with van der Waals surface area (Å²) < 4.78 is 8.68. The summed E-state index contributed by atoms with van der Waals surface area (Å²) >= 11 is 0. The van der Waals surface area contributed by atoms with Crippen molar-refractivity contribution >= 4 is 10.9 Å². The zero-order valence-corrected chi connectivity index (χ0v) is 21.7. The van der Waals surface area contributed by atoms with Crippen molar-refractivity contribution < 1.29 is 4.74 Å². The van der Waals surface area contributed by atoms with E-state index in [4.69, 9.17) is 9.72 Å². The average Bonchev–Trinajstić information content (AvgIpc) is 3.37. The SMILES string of the molecule is c1ccc(-c2c(-c3ccccc3)n(-c3ccccn3)c3cc(Oc4cccc(-c5ccccn5)c4)ccc23)cc1. The molecule has 0 saturated carbocycles. The number of rotatable bonds is 6. The molecular formula is C36H25N3O. The molecule has 0 bridgehead atoms. The summed E-state index contributed by atoms with van der Waals surface area (Å²) in [5, 5.41) is 1.13. The third kappa shape index (κ3) is 4.42. The monoisotopic (exact) mass is 515 g/mol. The molecule has 4 heteroatoms. The van der Waals surface area contributed by atoms with Gasteiger partial charge < -0.3 is 4.74 Å². The third-order valence-corrected chi connectivity index (χ3v) is 6.96. The topological polar surface area (TPSA) is 39.9 Å². The smallest absolute Gasteiger partial charge is 0.137 e. The summed E-state index contributed by atoms with van der Waals surface area (Å²) in [5.41, 5.74) is 7.47. The standard InChI is InChI=1S/C36H25N3O/c1-3-12-26(13-4-1)35-31-21-20-30(40-29-17-11-16-28(24-29)32-18-7-9-22-37-32)25-33(31)39(34-19-8-10-23-38-34)36(35)27-14-5-2-6-15-27/h1-25H. The molecule has 40 heavy (non-hydrogen) atoms. The molecule has 3 aromatic heterocycles. The minimum absolute atomic E-state index is 0.750. The Kier molecular flexibility index (Phi) is 6.11. The van der Waals surface area contributed by atoms with Gasteiger partial charge in [0, 0.05) is 35.0 Å². The van der Waals surface area contributed by atoms with Gasteiger partial charge in [0.15, 0.2) is 0 Å². The molecule has 0 aliphatic carbocycles. The molecule has 0 radical (unpaired) electrons. The highest BCUT2D eigenvalue weighted by Crippen LogP contribution is 2.43. The number of hydrogen-bond acceptors (Lipinski definition) is 3. The highest BCUT2D eigenvalue weighted by Gasteiger charge is 2.22. The first-order chi connectivity index (χ1) is 19.8. The van der Waals surface area contributed by atoms with Gasteiger partial charge in [-0.1, -0.05) is 84.9 Å². The van der Waals surface area contributed by atoms with E-state index in [1.807, 2.05) is 79.0 Å². The van der Waals surface area contributed by atoms with E-state index >= 15 is 0 Å². The lowest BCUT2D eigenvalue weighted by Gasteiger charge is -2.13. The summed E-state index contributed by atoms with van der Waals surface area (Å²) in [5.74, 6) is 2.35. The molecule has 0 N–H and O–H groups in total. The summed E-state index contributed by atoms with van der Waals surface area (Å²) in [7, 11) is 0. The van der Waals surface area contributed by atoms with Gasteiger partial charge in [-0.3, -0.25) is 9.55 Å². The number of fused-ring (bicyclic) bond motifs is 1. The Morgan fingerprint density at radius 3 is 1.90 bits per heavy atom. The van der Waals surface area contributed by atoms with Crippen molar-refractivity contribution in [1.82, 2.24) is 14.5 Å². The van der Waals surface area contributed by atoms with Crippen LogP contribution in [0.3, 0.4) is 0 Å². The van der Waals surface area contributed by atoms with Crippen LogP contribution in [0.5, 0.6) is 11.5 Å². The number of pyridine rings is 2. The van der Waals surface area contributed by atoms with Crippen LogP contribution in [-0.2, 0) is 0 Å². The lowest BCUT2D eigenvalue weighted by Crippen LogP contribution is -2.00. The van der Waals surface area contributed by atoms with Crippen molar-refractivity contribution in [2.45, 2.75) is 0 Å². The maximum absolute atomic E-state index is 6.44. The predicted molar refractivity (Wildman–Crippen MR) is 162 cm³/mol. The molecule has 0 spiro atoms. The van der Waals surface area contributed by atoms with Gasteiger partial charge in [-0.15, -0.1) is 0 Å². The van der Waals surface area contributed by atoms with Crippen LogP contribution >= 0.6 is 0 Å². The zero-order valence-electron chi connectivity index (χ0n) is 21.7. The van der Waals surface area contributed by atoms with E-state index < -0.39 is 0 Å². The molecule has 0 atom stereocenters. The molecule has 0 aliphatic rings. The number of nitrogens with zero attached hydrogens (tertiary/aromatic N) is 3. The summed E-state index contributed by atoms with van der Waals surface area (Å²) in [6, 6.07) is 47.3. The van der Waals surface area contributed by atoms with E-state index in [0.29, 0.717) is 0 Å². The summed E-state index contributed by atoms with van der Waals surface area (Å²) in [6.45, 7) is 0. The fraction of sp³-hybridized carbons (Fsp3) is 0. The Morgan fingerprint density at radius 1 is 0.500 bits per heavy atom. The maximum Gasteiger partial charge on any atom is 0.137 e. The molecule has 0 aliphatic heterocycles. The van der Waals surface area contributed by atoms with Crippen molar-refractivity contribution in [2.24, 2.45) is 0 Å². The van der Waals surface area contributed by atoms with Crippen LogP contribution in [0.4, 0.5) is 0 Å². The highest BCUT2D eigenvalue weighted by molar-refractivity contribution is 6.06. The second-order valence-electron chi connectivity index (χ2n) is 9.50. The number of ether oxygens (including phenoxy) is 1. The maximum atomic E-state index is 6.44. The molecule has 0 unspecified atom stereocenters. The van der Waals surface area contributed by atoms with Gasteiger partial charge in [0.05, 0.1) is 16.9 Å². The van der Waals surface area contributed by atoms with Crippen LogP contribution in [0.1, 0.15) is 0 Å². The van der Waals surface area contributed by atoms with Crippen molar-refractivity contribution in [3.05, 3.63) is 152 Å². The minimum atomic E-state index is 0.750. The Labute approximate surface area is 232 Å². The highest BCUT2D eigenvalue weighted by atomic mass is 16.5. The van der Waals surface area contributed by atoms with Crippen LogP contribution in [0.2, 0.25) is 0 Å². The zero-order chi connectivity index (χ0) is 26.7. The van der Waals surface area contributed by atoms with Gasteiger partial charge in [0.2, 0.25) is 0 Å². The minimum Gasteiger partial charge on any atom is -0.457 e. The molecule has 0 amide bonds. The summed E-state index contributed by atoms with van der Waals surface area (Å²) in [4.78, 5) is 9.25. The number of hydrogen-bond donors (Lipinski definition) is 0. The quantitative estimate of drug-likeness (QED) is 0.222. The van der Waals surface area contributed by atoms with Crippen molar-refractivity contribution in [1.29, 1.82) is 0 Å². The van der Waals surface area contributed by atoms with E-state index in [0.717, 1.165) is 61.9 Å². The number of benzene rings is 4.